The molecule has 1 saturated heterocycles. The maximum Gasteiger partial charge on any atom is 0.261 e. The highest BCUT2D eigenvalue weighted by Gasteiger charge is 2.29. The van der Waals surface area contributed by atoms with Gasteiger partial charge in [-0.2, -0.15) is 0 Å². The van der Waals surface area contributed by atoms with Crippen molar-refractivity contribution in [1.82, 2.24) is 24.6 Å². The van der Waals surface area contributed by atoms with E-state index in [-0.39, 0.29) is 17.7 Å². The Balaban J connectivity index is 1.19. The summed E-state index contributed by atoms with van der Waals surface area (Å²) in [4.78, 5) is 37.2. The summed E-state index contributed by atoms with van der Waals surface area (Å²) in [5.74, 6) is 0.219. The van der Waals surface area contributed by atoms with Crippen LogP contribution in [0.4, 0.5) is 0 Å². The zero-order valence-electron chi connectivity index (χ0n) is 16.8. The summed E-state index contributed by atoms with van der Waals surface area (Å²) in [6.07, 6.45) is 9.75. The van der Waals surface area contributed by atoms with Gasteiger partial charge < -0.3 is 14.6 Å². The number of thiophene rings is 1. The second-order valence-corrected chi connectivity index (χ2v) is 8.70. The lowest BCUT2D eigenvalue weighted by molar-refractivity contribution is 0.0790. The monoisotopic (exact) mass is 431 g/mol. The molecule has 1 aliphatic heterocycles. The molecule has 0 aliphatic carbocycles. The van der Waals surface area contributed by atoms with Gasteiger partial charge in [-0.25, -0.2) is 4.98 Å². The van der Waals surface area contributed by atoms with E-state index < -0.39 is 0 Å². The fraction of sp³-hybridized carbons (Fsp3) is 0.217. The number of nitrogens with one attached hydrogen (secondary N) is 1. The smallest absolute Gasteiger partial charge is 0.261 e. The van der Waals surface area contributed by atoms with Gasteiger partial charge in [-0.05, 0) is 48.4 Å². The normalized spacial score (nSPS) is 16.0. The number of amides is 2. The molecule has 31 heavy (non-hydrogen) atoms. The lowest BCUT2D eigenvalue weighted by atomic mass is 10.1. The molecule has 4 aromatic rings. The molecule has 1 atom stereocenters. The number of carbonyl (C=O) groups is 2. The molecule has 0 spiro atoms. The number of rotatable bonds is 5. The van der Waals surface area contributed by atoms with Crippen LogP contribution in [0, 0.1) is 0 Å². The van der Waals surface area contributed by atoms with E-state index in [0.717, 1.165) is 29.1 Å². The van der Waals surface area contributed by atoms with Crippen LogP contribution in [-0.2, 0) is 6.54 Å². The molecule has 5 heterocycles. The van der Waals surface area contributed by atoms with Gasteiger partial charge in [0.05, 0.1) is 4.88 Å². The van der Waals surface area contributed by atoms with Crippen LogP contribution in [-0.4, -0.2) is 44.2 Å². The molecule has 0 bridgehead atoms. The van der Waals surface area contributed by atoms with Crippen molar-refractivity contribution < 1.29 is 9.59 Å². The highest BCUT2D eigenvalue weighted by Crippen LogP contribution is 2.33. The Bertz CT molecular complexity index is 1230. The molecule has 5 rings (SSSR count). The van der Waals surface area contributed by atoms with Crippen molar-refractivity contribution in [3.8, 4) is 0 Å². The molecule has 8 heteroatoms. The van der Waals surface area contributed by atoms with Gasteiger partial charge in [-0.1, -0.05) is 0 Å². The Morgan fingerprint density at radius 2 is 1.97 bits per heavy atom. The molecule has 156 valence electrons. The van der Waals surface area contributed by atoms with Crippen LogP contribution in [0.3, 0.4) is 0 Å². The number of pyridine rings is 2. The largest absolute Gasteiger partial charge is 0.347 e. The third kappa shape index (κ3) is 4.06. The van der Waals surface area contributed by atoms with E-state index in [4.69, 9.17) is 0 Å². The third-order valence-electron chi connectivity index (χ3n) is 5.57. The SMILES string of the molecule is O=C(NCc1ccn2ccnc2c1)c1ccc(C2CCN(C(=O)c3ccncc3)C2)s1. The van der Waals surface area contributed by atoms with Gasteiger partial charge in [0, 0.05) is 67.0 Å². The summed E-state index contributed by atoms with van der Waals surface area (Å²) in [7, 11) is 0. The van der Waals surface area contributed by atoms with Crippen LogP contribution in [0.1, 0.15) is 42.8 Å². The first-order valence-corrected chi connectivity index (χ1v) is 11.0. The Morgan fingerprint density at radius 3 is 2.84 bits per heavy atom. The van der Waals surface area contributed by atoms with Crippen molar-refractivity contribution in [3.05, 3.63) is 88.3 Å². The lowest BCUT2D eigenvalue weighted by Crippen LogP contribution is -2.28. The summed E-state index contributed by atoms with van der Waals surface area (Å²) in [6.45, 7) is 1.85. The quantitative estimate of drug-likeness (QED) is 0.526. The molecular formula is C23H21N5O2S. The first kappa shape index (κ1) is 19.4. The van der Waals surface area contributed by atoms with E-state index in [1.807, 2.05) is 46.0 Å². The predicted molar refractivity (Wildman–Crippen MR) is 118 cm³/mol. The number of imidazole rings is 1. The van der Waals surface area contributed by atoms with Crippen molar-refractivity contribution in [1.29, 1.82) is 0 Å². The maximum absolute atomic E-state index is 12.7. The fourth-order valence-corrected chi connectivity index (χ4v) is 4.93. The van der Waals surface area contributed by atoms with E-state index in [0.29, 0.717) is 23.5 Å². The molecule has 1 N–H and O–H groups in total. The number of likely N-dealkylation sites (tertiary alicyclic amines) is 1. The van der Waals surface area contributed by atoms with Gasteiger partial charge in [0.25, 0.3) is 11.8 Å². The number of hydrogen-bond acceptors (Lipinski definition) is 5. The van der Waals surface area contributed by atoms with E-state index in [2.05, 4.69) is 15.3 Å². The molecule has 1 unspecified atom stereocenters. The number of aromatic nitrogens is 3. The highest BCUT2D eigenvalue weighted by molar-refractivity contribution is 7.14. The molecule has 7 nitrogen and oxygen atoms in total. The molecule has 1 aliphatic rings. The van der Waals surface area contributed by atoms with E-state index >= 15 is 0 Å². The van der Waals surface area contributed by atoms with Crippen molar-refractivity contribution in [2.24, 2.45) is 0 Å². The lowest BCUT2D eigenvalue weighted by Gasteiger charge is -2.16. The Kier molecular flexibility index (Phi) is 5.21. The first-order valence-electron chi connectivity index (χ1n) is 10.2. The maximum atomic E-state index is 12.7. The van der Waals surface area contributed by atoms with E-state index in [9.17, 15) is 9.59 Å². The predicted octanol–water partition coefficient (Wildman–Crippen LogP) is 3.35. The van der Waals surface area contributed by atoms with E-state index in [1.165, 1.54) is 11.3 Å². The fourth-order valence-electron chi connectivity index (χ4n) is 3.88. The minimum atomic E-state index is -0.0813. The molecule has 2 amide bonds. The average molecular weight is 432 g/mol. The van der Waals surface area contributed by atoms with Crippen molar-refractivity contribution in [2.75, 3.05) is 13.1 Å². The summed E-state index contributed by atoms with van der Waals surface area (Å²) in [5.41, 5.74) is 2.53. The van der Waals surface area contributed by atoms with Crippen molar-refractivity contribution in [3.63, 3.8) is 0 Å². The summed E-state index contributed by atoms with van der Waals surface area (Å²) >= 11 is 1.51. The third-order valence-corrected chi connectivity index (χ3v) is 6.82. The van der Waals surface area contributed by atoms with Crippen molar-refractivity contribution >= 4 is 28.8 Å². The van der Waals surface area contributed by atoms with Crippen LogP contribution in [0.2, 0.25) is 0 Å². The summed E-state index contributed by atoms with van der Waals surface area (Å²) in [5, 5.41) is 2.99. The molecule has 1 fully saturated rings. The first-order chi connectivity index (χ1) is 15.2. The summed E-state index contributed by atoms with van der Waals surface area (Å²) < 4.78 is 1.93. The van der Waals surface area contributed by atoms with Crippen LogP contribution >= 0.6 is 11.3 Å². The van der Waals surface area contributed by atoms with Crippen molar-refractivity contribution in [2.45, 2.75) is 18.9 Å². The van der Waals surface area contributed by atoms with Crippen LogP contribution in [0.15, 0.2) is 67.4 Å². The van der Waals surface area contributed by atoms with E-state index in [1.54, 1.807) is 30.7 Å². The zero-order chi connectivity index (χ0) is 21.2. The van der Waals surface area contributed by atoms with Crippen LogP contribution in [0.25, 0.3) is 5.65 Å². The Hall–Kier alpha value is -3.52. The Morgan fingerprint density at radius 1 is 1.10 bits per heavy atom. The number of nitrogens with zero attached hydrogens (tertiary/aromatic N) is 4. The summed E-state index contributed by atoms with van der Waals surface area (Å²) in [6, 6.07) is 11.3. The number of hydrogen-bond donors (Lipinski definition) is 1. The van der Waals surface area contributed by atoms with Crippen LogP contribution in [0.5, 0.6) is 0 Å². The zero-order valence-corrected chi connectivity index (χ0v) is 17.6. The number of fused-ring (bicyclic) bond motifs is 1. The average Bonchev–Trinajstić information content (AvgIpc) is 3.57. The topological polar surface area (TPSA) is 79.6 Å². The van der Waals surface area contributed by atoms with Gasteiger partial charge in [0.15, 0.2) is 0 Å². The molecule has 0 saturated carbocycles. The standard InChI is InChI=1S/C23H21N5O2S/c29-22(26-14-16-5-10-27-12-9-25-21(27)13-16)20-2-1-19(31-20)18-6-11-28(15-18)23(30)17-3-7-24-8-4-17/h1-5,7-10,12-13,18H,6,11,14-15H2,(H,26,29). The highest BCUT2D eigenvalue weighted by atomic mass is 32.1. The van der Waals surface area contributed by atoms with Gasteiger partial charge in [-0.3, -0.25) is 14.6 Å². The van der Waals surface area contributed by atoms with Gasteiger partial charge in [-0.15, -0.1) is 11.3 Å². The minimum absolute atomic E-state index is 0.0360. The van der Waals surface area contributed by atoms with Gasteiger partial charge in [0.2, 0.25) is 0 Å². The molecular weight excluding hydrogens is 410 g/mol. The molecule has 4 aromatic heterocycles. The molecule has 0 aromatic carbocycles. The minimum Gasteiger partial charge on any atom is -0.347 e. The second-order valence-electron chi connectivity index (χ2n) is 7.59. The van der Waals surface area contributed by atoms with Gasteiger partial charge in [0.1, 0.15) is 5.65 Å². The van der Waals surface area contributed by atoms with Gasteiger partial charge >= 0.3 is 0 Å². The number of carbonyl (C=O) groups excluding carboxylic acids is 2. The Labute approximate surface area is 183 Å². The molecule has 0 radical (unpaired) electrons. The van der Waals surface area contributed by atoms with Crippen LogP contribution < -0.4 is 5.32 Å². The second kappa shape index (κ2) is 8.31.